The summed E-state index contributed by atoms with van der Waals surface area (Å²) in [5.41, 5.74) is 6.93. The van der Waals surface area contributed by atoms with Crippen molar-refractivity contribution in [1.29, 1.82) is 0 Å². The van der Waals surface area contributed by atoms with E-state index in [1.165, 1.54) is 4.90 Å². The van der Waals surface area contributed by atoms with Crippen LogP contribution in [-0.2, 0) is 35.1 Å². The SMILES string of the molecule is CCCCCCCCN(C(=O)C(CC(N)=O)NC(=O)OC(C)(C)C)C(C(=O)NC(Cc1ccccc1)C(=O)OC(C)(C)C)c1ccc(C)cc1C. The molecule has 3 unspecified atom stereocenters. The van der Waals surface area contributed by atoms with Gasteiger partial charge in [0.15, 0.2) is 0 Å². The molecule has 3 atom stereocenters. The Morgan fingerprint density at radius 1 is 0.784 bits per heavy atom. The molecule has 11 heteroatoms. The number of esters is 1. The lowest BCUT2D eigenvalue weighted by Crippen LogP contribution is -2.56. The minimum absolute atomic E-state index is 0.136. The molecule has 282 valence electrons. The number of unbranched alkanes of at least 4 members (excludes halogenated alkanes) is 5. The molecule has 0 fully saturated rings. The van der Waals surface area contributed by atoms with Gasteiger partial charge in [-0.2, -0.15) is 0 Å². The molecule has 4 N–H and O–H groups in total. The number of amides is 4. The Bertz CT molecular complexity index is 1460. The van der Waals surface area contributed by atoms with Crippen LogP contribution in [0.2, 0.25) is 0 Å². The summed E-state index contributed by atoms with van der Waals surface area (Å²) < 4.78 is 11.1. The Labute approximate surface area is 304 Å². The minimum Gasteiger partial charge on any atom is -0.458 e. The first kappa shape index (κ1) is 42.8. The predicted molar refractivity (Wildman–Crippen MR) is 199 cm³/mol. The average molecular weight is 709 g/mol. The lowest BCUT2D eigenvalue weighted by atomic mass is 9.95. The first-order valence-corrected chi connectivity index (χ1v) is 18.0. The van der Waals surface area contributed by atoms with Crippen molar-refractivity contribution in [2.75, 3.05) is 6.54 Å². The van der Waals surface area contributed by atoms with Gasteiger partial charge in [-0.15, -0.1) is 0 Å². The maximum absolute atomic E-state index is 14.7. The molecule has 0 heterocycles. The molecule has 11 nitrogen and oxygen atoms in total. The summed E-state index contributed by atoms with van der Waals surface area (Å²) in [4.78, 5) is 69.5. The number of hydrogen-bond acceptors (Lipinski definition) is 7. The molecule has 0 aromatic heterocycles. The second kappa shape index (κ2) is 19.8. The molecule has 0 aliphatic heterocycles. The first-order valence-electron chi connectivity index (χ1n) is 18.0. The van der Waals surface area contributed by atoms with E-state index in [0.29, 0.717) is 12.0 Å². The smallest absolute Gasteiger partial charge is 0.408 e. The summed E-state index contributed by atoms with van der Waals surface area (Å²) in [5.74, 6) is -2.72. The number of nitrogens with one attached hydrogen (secondary N) is 2. The van der Waals surface area contributed by atoms with E-state index in [2.05, 4.69) is 17.6 Å². The minimum atomic E-state index is -1.41. The number of benzene rings is 2. The van der Waals surface area contributed by atoms with E-state index in [0.717, 1.165) is 48.8 Å². The highest BCUT2D eigenvalue weighted by Gasteiger charge is 2.39. The van der Waals surface area contributed by atoms with Gasteiger partial charge in [0.1, 0.15) is 29.3 Å². The lowest BCUT2D eigenvalue weighted by Gasteiger charge is -2.36. The summed E-state index contributed by atoms with van der Waals surface area (Å²) in [6, 6.07) is 11.1. The maximum atomic E-state index is 14.7. The highest BCUT2D eigenvalue weighted by molar-refractivity contribution is 5.96. The van der Waals surface area contributed by atoms with Crippen LogP contribution in [0.15, 0.2) is 48.5 Å². The molecular formula is C40H60N4O7. The van der Waals surface area contributed by atoms with E-state index in [4.69, 9.17) is 15.2 Å². The largest absolute Gasteiger partial charge is 0.458 e. The van der Waals surface area contributed by atoms with Crippen molar-refractivity contribution < 1.29 is 33.4 Å². The van der Waals surface area contributed by atoms with Crippen molar-refractivity contribution in [2.45, 2.75) is 143 Å². The van der Waals surface area contributed by atoms with Gasteiger partial charge in [-0.05, 0) is 78.5 Å². The zero-order chi connectivity index (χ0) is 38.4. The van der Waals surface area contributed by atoms with Crippen molar-refractivity contribution >= 4 is 29.8 Å². The fourth-order valence-corrected chi connectivity index (χ4v) is 5.73. The molecule has 0 aliphatic carbocycles. The topological polar surface area (TPSA) is 157 Å². The van der Waals surface area contributed by atoms with Gasteiger partial charge in [0.05, 0.1) is 6.42 Å². The van der Waals surface area contributed by atoms with Crippen LogP contribution in [0, 0.1) is 13.8 Å². The third-order valence-electron chi connectivity index (χ3n) is 8.00. The van der Waals surface area contributed by atoms with Crippen LogP contribution in [0.1, 0.15) is 122 Å². The van der Waals surface area contributed by atoms with Gasteiger partial charge in [0, 0.05) is 13.0 Å². The van der Waals surface area contributed by atoms with Crippen molar-refractivity contribution in [2.24, 2.45) is 5.73 Å². The monoisotopic (exact) mass is 708 g/mol. The summed E-state index contributed by atoms with van der Waals surface area (Å²) in [6.07, 6.45) is 4.22. The van der Waals surface area contributed by atoms with Crippen LogP contribution in [0.3, 0.4) is 0 Å². The molecule has 2 aromatic carbocycles. The number of hydrogen-bond donors (Lipinski definition) is 3. The fourth-order valence-electron chi connectivity index (χ4n) is 5.73. The number of rotatable bonds is 18. The Kier molecular flexibility index (Phi) is 16.6. The van der Waals surface area contributed by atoms with E-state index >= 15 is 0 Å². The van der Waals surface area contributed by atoms with Gasteiger partial charge in [0.2, 0.25) is 17.7 Å². The summed E-state index contributed by atoms with van der Waals surface area (Å²) in [7, 11) is 0. The Balaban J connectivity index is 2.68. The molecule has 0 radical (unpaired) electrons. The molecule has 0 spiro atoms. The molecule has 51 heavy (non-hydrogen) atoms. The zero-order valence-electron chi connectivity index (χ0n) is 32.1. The number of nitrogens with zero attached hydrogens (tertiary/aromatic N) is 1. The van der Waals surface area contributed by atoms with Crippen molar-refractivity contribution in [1.82, 2.24) is 15.5 Å². The molecule has 0 saturated carbocycles. The third kappa shape index (κ3) is 15.6. The number of aryl methyl sites for hydroxylation is 2. The molecule has 0 bridgehead atoms. The van der Waals surface area contributed by atoms with Crippen LogP contribution in [0.25, 0.3) is 0 Å². The van der Waals surface area contributed by atoms with E-state index in [1.807, 2.05) is 56.3 Å². The quantitative estimate of drug-likeness (QED) is 0.120. The molecule has 2 aromatic rings. The fraction of sp³-hybridized carbons (Fsp3) is 0.575. The van der Waals surface area contributed by atoms with Crippen molar-refractivity contribution in [3.63, 3.8) is 0 Å². The van der Waals surface area contributed by atoms with Gasteiger partial charge in [0.25, 0.3) is 0 Å². The third-order valence-corrected chi connectivity index (χ3v) is 8.00. The van der Waals surface area contributed by atoms with Crippen LogP contribution in [0.5, 0.6) is 0 Å². The van der Waals surface area contributed by atoms with E-state index in [9.17, 15) is 24.0 Å². The molecule has 0 saturated heterocycles. The standard InChI is InChI=1S/C40H60N4O7/c1-10-11-12-13-14-18-23-44(36(47)31(26-33(41)45)43-38(49)51-40(7,8)9)34(30-22-21-27(2)24-28(30)3)35(46)42-32(37(48)50-39(4,5)6)25-29-19-16-15-17-20-29/h15-17,19-22,24,31-32,34H,10-14,18,23,25-26H2,1-9H3,(H2,41,45)(H,42,46)(H,43,49). The number of primary amides is 1. The summed E-state index contributed by atoms with van der Waals surface area (Å²) >= 11 is 0. The van der Waals surface area contributed by atoms with Gasteiger partial charge >= 0.3 is 12.1 Å². The van der Waals surface area contributed by atoms with Crippen LogP contribution >= 0.6 is 0 Å². The van der Waals surface area contributed by atoms with Crippen LogP contribution in [-0.4, -0.2) is 64.5 Å². The molecule has 4 amide bonds. The number of nitrogens with two attached hydrogens (primary N) is 1. The number of alkyl carbamates (subject to hydrolysis) is 1. The molecule has 0 aliphatic rings. The first-order chi connectivity index (χ1) is 23.8. The van der Waals surface area contributed by atoms with Crippen molar-refractivity contribution in [3.05, 3.63) is 70.8 Å². The summed E-state index contributed by atoms with van der Waals surface area (Å²) in [5, 5.41) is 5.45. The van der Waals surface area contributed by atoms with Gasteiger partial charge < -0.3 is 30.7 Å². The van der Waals surface area contributed by atoms with Gasteiger partial charge in [-0.1, -0.05) is 93.1 Å². The Morgan fingerprint density at radius 3 is 1.96 bits per heavy atom. The highest BCUT2D eigenvalue weighted by Crippen LogP contribution is 2.28. The van der Waals surface area contributed by atoms with Crippen LogP contribution in [0.4, 0.5) is 4.79 Å². The second-order valence-electron chi connectivity index (χ2n) is 15.2. The predicted octanol–water partition coefficient (Wildman–Crippen LogP) is 6.37. The number of carbonyl (C=O) groups is 5. The number of ether oxygens (including phenoxy) is 2. The highest BCUT2D eigenvalue weighted by atomic mass is 16.6. The second-order valence-corrected chi connectivity index (χ2v) is 15.2. The Hall–Kier alpha value is -4.41. The Morgan fingerprint density at radius 2 is 1.39 bits per heavy atom. The maximum Gasteiger partial charge on any atom is 0.408 e. The normalized spacial score (nSPS) is 13.4. The van der Waals surface area contributed by atoms with E-state index in [-0.39, 0.29) is 13.0 Å². The van der Waals surface area contributed by atoms with Crippen molar-refractivity contribution in [3.8, 4) is 0 Å². The van der Waals surface area contributed by atoms with E-state index in [1.54, 1.807) is 47.6 Å². The van der Waals surface area contributed by atoms with Crippen LogP contribution < -0.4 is 16.4 Å². The molecular weight excluding hydrogens is 648 g/mol. The molecule has 2 rings (SSSR count). The van der Waals surface area contributed by atoms with Gasteiger partial charge in [-0.25, -0.2) is 9.59 Å². The van der Waals surface area contributed by atoms with E-state index < -0.39 is 65.5 Å². The van der Waals surface area contributed by atoms with Gasteiger partial charge in [-0.3, -0.25) is 14.4 Å². The average Bonchev–Trinajstić information content (AvgIpc) is 3.00. The summed E-state index contributed by atoms with van der Waals surface area (Å²) in [6.45, 7) is 16.3. The number of carbonyl (C=O) groups excluding carboxylic acids is 5. The lowest BCUT2D eigenvalue weighted by molar-refractivity contribution is -0.159. The zero-order valence-corrected chi connectivity index (χ0v) is 32.1.